The molecule has 5 aromatic rings. The molecule has 6 rings (SSSR count). The first-order chi connectivity index (χ1) is 19.5. The molecule has 10 nitrogen and oxygen atoms in total. The Balaban J connectivity index is 1.46. The van der Waals surface area contributed by atoms with Crippen LogP contribution in [0.5, 0.6) is 0 Å². The molecule has 1 aliphatic heterocycles. The van der Waals surface area contributed by atoms with Gasteiger partial charge in [0.25, 0.3) is 11.5 Å². The van der Waals surface area contributed by atoms with Crippen LogP contribution in [0.25, 0.3) is 22.8 Å². The molecule has 40 heavy (non-hydrogen) atoms. The maximum atomic E-state index is 14.1. The summed E-state index contributed by atoms with van der Waals surface area (Å²) in [5.74, 6) is 6.72. The number of pyridine rings is 1. The van der Waals surface area contributed by atoms with Gasteiger partial charge in [0.2, 0.25) is 0 Å². The lowest BCUT2D eigenvalue weighted by Crippen LogP contribution is -2.34. The standard InChI is InChI=1S/C30H24N8O2/c1-19(34-29(39)25-26(31)36-37-17-7-16-33-28(25)37)27-35-23-12-5-9-21(14-13-20-8-6-15-32-18-20)24(23)30(40)38(27)22-10-3-2-4-11-22/h2-12,15,17-19,33H,16H2,1H3,(H2,31,36)(H,34,39). The summed E-state index contributed by atoms with van der Waals surface area (Å²) in [5.41, 5.74) is 8.39. The molecule has 1 amide bonds. The van der Waals surface area contributed by atoms with Gasteiger partial charge in [-0.25, -0.2) is 9.67 Å². The van der Waals surface area contributed by atoms with Gasteiger partial charge in [0, 0.05) is 36.3 Å². The maximum absolute atomic E-state index is 14.1. The molecular weight excluding hydrogens is 504 g/mol. The molecule has 0 saturated heterocycles. The summed E-state index contributed by atoms with van der Waals surface area (Å²) in [6, 6.07) is 17.5. The Hall–Kier alpha value is -5.69. The van der Waals surface area contributed by atoms with E-state index < -0.39 is 11.9 Å². The van der Waals surface area contributed by atoms with E-state index >= 15 is 0 Å². The minimum absolute atomic E-state index is 0.0995. The second-order valence-electron chi connectivity index (χ2n) is 9.15. The van der Waals surface area contributed by atoms with E-state index in [0.29, 0.717) is 40.3 Å². The molecule has 0 aliphatic carbocycles. The van der Waals surface area contributed by atoms with Crippen LogP contribution >= 0.6 is 0 Å². The van der Waals surface area contributed by atoms with Crippen molar-refractivity contribution in [1.29, 1.82) is 0 Å². The third-order valence-electron chi connectivity index (χ3n) is 6.47. The van der Waals surface area contributed by atoms with Crippen molar-refractivity contribution in [3.8, 4) is 17.5 Å². The van der Waals surface area contributed by atoms with E-state index in [2.05, 4.69) is 32.6 Å². The zero-order valence-corrected chi connectivity index (χ0v) is 21.5. The number of nitrogen functional groups attached to an aromatic ring is 1. The van der Waals surface area contributed by atoms with Crippen LogP contribution in [0, 0.1) is 11.8 Å². The molecule has 1 atom stereocenters. The van der Waals surface area contributed by atoms with Gasteiger partial charge < -0.3 is 16.4 Å². The Labute approximate surface area is 229 Å². The number of hydrogen-bond donors (Lipinski definition) is 3. The molecule has 196 valence electrons. The Bertz CT molecular complexity index is 1900. The number of nitrogens with zero attached hydrogens (tertiary/aromatic N) is 5. The van der Waals surface area contributed by atoms with Crippen molar-refractivity contribution in [2.45, 2.75) is 13.0 Å². The van der Waals surface area contributed by atoms with Gasteiger partial charge in [-0.15, -0.1) is 5.10 Å². The third kappa shape index (κ3) is 4.46. The number of fused-ring (bicyclic) bond motifs is 2. The number of amides is 1. The topological polar surface area (TPSA) is 133 Å². The highest BCUT2D eigenvalue weighted by atomic mass is 16.2. The van der Waals surface area contributed by atoms with E-state index in [9.17, 15) is 9.59 Å². The number of aromatic nitrogens is 5. The van der Waals surface area contributed by atoms with E-state index in [-0.39, 0.29) is 16.9 Å². The van der Waals surface area contributed by atoms with Gasteiger partial charge in [0.15, 0.2) is 5.82 Å². The maximum Gasteiger partial charge on any atom is 0.267 e. The molecular formula is C30H24N8O2. The Morgan fingerprint density at radius 1 is 1.10 bits per heavy atom. The summed E-state index contributed by atoms with van der Waals surface area (Å²) in [5, 5.41) is 10.7. The Morgan fingerprint density at radius 3 is 2.75 bits per heavy atom. The zero-order chi connectivity index (χ0) is 27.6. The normalized spacial score (nSPS) is 12.6. The highest BCUT2D eigenvalue weighted by Crippen LogP contribution is 2.26. The lowest BCUT2D eigenvalue weighted by molar-refractivity contribution is 0.0939. The van der Waals surface area contributed by atoms with Gasteiger partial charge in [0.1, 0.15) is 17.2 Å². The predicted octanol–water partition coefficient (Wildman–Crippen LogP) is 3.35. The fraction of sp³-hybridized carbons (Fsp3) is 0.100. The largest absolute Gasteiger partial charge is 0.381 e. The second-order valence-corrected chi connectivity index (χ2v) is 9.15. The quantitative estimate of drug-likeness (QED) is 0.305. The summed E-state index contributed by atoms with van der Waals surface area (Å²) >= 11 is 0. The van der Waals surface area contributed by atoms with Crippen molar-refractivity contribution in [2.24, 2.45) is 0 Å². The van der Waals surface area contributed by atoms with E-state index in [0.717, 1.165) is 5.56 Å². The number of para-hydroxylation sites is 1. The molecule has 4 heterocycles. The van der Waals surface area contributed by atoms with Crippen LogP contribution in [0.3, 0.4) is 0 Å². The zero-order valence-electron chi connectivity index (χ0n) is 21.5. The van der Waals surface area contributed by atoms with Crippen molar-refractivity contribution >= 4 is 34.6 Å². The van der Waals surface area contributed by atoms with Gasteiger partial charge in [-0.1, -0.05) is 36.1 Å². The van der Waals surface area contributed by atoms with Gasteiger partial charge in [-0.3, -0.25) is 19.1 Å². The van der Waals surface area contributed by atoms with Gasteiger partial charge in [0.05, 0.1) is 22.6 Å². The summed E-state index contributed by atoms with van der Waals surface area (Å²) in [6.45, 7) is 2.32. The van der Waals surface area contributed by atoms with Gasteiger partial charge in [-0.05, 0) is 49.4 Å². The molecule has 1 unspecified atom stereocenters. The van der Waals surface area contributed by atoms with Crippen LogP contribution in [-0.2, 0) is 0 Å². The average molecular weight is 529 g/mol. The number of rotatable bonds is 4. The minimum Gasteiger partial charge on any atom is -0.381 e. The van der Waals surface area contributed by atoms with Crippen LogP contribution < -0.4 is 21.9 Å². The van der Waals surface area contributed by atoms with Crippen LogP contribution in [-0.4, -0.2) is 36.8 Å². The van der Waals surface area contributed by atoms with Gasteiger partial charge in [-0.2, -0.15) is 0 Å². The molecule has 0 bridgehead atoms. The molecule has 0 radical (unpaired) electrons. The third-order valence-corrected chi connectivity index (χ3v) is 6.47. The highest BCUT2D eigenvalue weighted by molar-refractivity contribution is 6.04. The summed E-state index contributed by atoms with van der Waals surface area (Å²) in [7, 11) is 0. The smallest absolute Gasteiger partial charge is 0.267 e. The van der Waals surface area contributed by atoms with Crippen LogP contribution in [0.4, 0.5) is 11.6 Å². The van der Waals surface area contributed by atoms with Crippen molar-refractivity contribution < 1.29 is 4.79 Å². The highest BCUT2D eigenvalue weighted by Gasteiger charge is 2.26. The first kappa shape index (κ1) is 24.6. The second kappa shape index (κ2) is 10.2. The fourth-order valence-electron chi connectivity index (χ4n) is 4.64. The molecule has 4 N–H and O–H groups in total. The van der Waals surface area contributed by atoms with Crippen LogP contribution in [0.2, 0.25) is 0 Å². The number of anilines is 2. The van der Waals surface area contributed by atoms with Crippen molar-refractivity contribution in [3.05, 3.63) is 112 Å². The summed E-state index contributed by atoms with van der Waals surface area (Å²) in [4.78, 5) is 36.5. The monoisotopic (exact) mass is 528 g/mol. The van der Waals surface area contributed by atoms with E-state index in [4.69, 9.17) is 10.7 Å². The molecule has 0 fully saturated rings. The van der Waals surface area contributed by atoms with Crippen LogP contribution in [0.15, 0.2) is 83.9 Å². The lowest BCUT2D eigenvalue weighted by Gasteiger charge is -2.20. The number of nitrogens with two attached hydrogens (primary N) is 1. The van der Waals surface area contributed by atoms with E-state index in [1.165, 1.54) is 9.25 Å². The molecule has 0 spiro atoms. The predicted molar refractivity (Wildman–Crippen MR) is 154 cm³/mol. The SMILES string of the molecule is CC(NC(=O)c1c(N)nn2c1NCC=C2)c1nc2cccc(C#Cc3cccnc3)c2c(=O)n1-c1ccccc1. The Kier molecular flexibility index (Phi) is 6.30. The molecule has 2 aromatic carbocycles. The van der Waals surface area contributed by atoms with E-state index in [1.54, 1.807) is 49.8 Å². The van der Waals surface area contributed by atoms with Gasteiger partial charge >= 0.3 is 0 Å². The average Bonchev–Trinajstić information content (AvgIpc) is 3.32. The first-order valence-electron chi connectivity index (χ1n) is 12.6. The first-order valence-corrected chi connectivity index (χ1v) is 12.6. The number of nitrogens with one attached hydrogen (secondary N) is 2. The number of hydrogen-bond acceptors (Lipinski definition) is 7. The lowest BCUT2D eigenvalue weighted by atomic mass is 10.1. The molecule has 1 aliphatic rings. The molecule has 0 saturated carbocycles. The number of benzene rings is 2. The summed E-state index contributed by atoms with van der Waals surface area (Å²) < 4.78 is 3.04. The number of carbonyl (C=O) groups excluding carboxylic acids is 1. The fourth-order valence-corrected chi connectivity index (χ4v) is 4.64. The molecule has 3 aromatic heterocycles. The van der Waals surface area contributed by atoms with Crippen molar-refractivity contribution in [1.82, 2.24) is 29.6 Å². The summed E-state index contributed by atoms with van der Waals surface area (Å²) in [6.07, 6.45) is 6.96. The minimum atomic E-state index is -0.663. The van der Waals surface area contributed by atoms with Crippen LogP contribution in [0.1, 0.15) is 40.3 Å². The van der Waals surface area contributed by atoms with Crippen molar-refractivity contribution in [3.63, 3.8) is 0 Å². The number of carbonyl (C=O) groups is 1. The van der Waals surface area contributed by atoms with Crippen molar-refractivity contribution in [2.75, 3.05) is 17.6 Å². The van der Waals surface area contributed by atoms with E-state index in [1.807, 2.05) is 42.5 Å². The Morgan fingerprint density at radius 2 is 1.95 bits per heavy atom. The molecule has 10 heteroatoms.